The number of nitrogens with zero attached hydrogens (tertiary/aromatic N) is 4. The highest BCUT2D eigenvalue weighted by Gasteiger charge is 2.23. The van der Waals surface area contributed by atoms with Gasteiger partial charge in [-0.1, -0.05) is 19.8 Å². The van der Waals surface area contributed by atoms with Crippen LogP contribution >= 0.6 is 24.0 Å². The zero-order chi connectivity index (χ0) is 20.6. The van der Waals surface area contributed by atoms with E-state index in [1.54, 1.807) is 6.26 Å². The van der Waals surface area contributed by atoms with Crippen LogP contribution in [0.2, 0.25) is 0 Å². The van der Waals surface area contributed by atoms with Crippen LogP contribution in [0.4, 0.5) is 0 Å². The van der Waals surface area contributed by atoms with Gasteiger partial charge in [0.05, 0.1) is 24.5 Å². The summed E-state index contributed by atoms with van der Waals surface area (Å²) in [5.74, 6) is 1.85. The second kappa shape index (κ2) is 12.5. The Bertz CT molecular complexity index is 784. The van der Waals surface area contributed by atoms with Crippen molar-refractivity contribution in [1.29, 1.82) is 0 Å². The minimum Gasteiger partial charge on any atom is -0.469 e. The van der Waals surface area contributed by atoms with Crippen molar-refractivity contribution < 1.29 is 4.42 Å². The zero-order valence-electron chi connectivity index (χ0n) is 18.6. The summed E-state index contributed by atoms with van der Waals surface area (Å²) < 4.78 is 7.59. The fourth-order valence-corrected chi connectivity index (χ4v) is 4.68. The van der Waals surface area contributed by atoms with Gasteiger partial charge < -0.3 is 15.1 Å². The Labute approximate surface area is 203 Å². The van der Waals surface area contributed by atoms with Gasteiger partial charge in [-0.05, 0) is 57.0 Å². The van der Waals surface area contributed by atoms with Crippen molar-refractivity contribution in [3.05, 3.63) is 42.1 Å². The lowest BCUT2D eigenvalue weighted by atomic mass is 10.2. The Morgan fingerprint density at radius 3 is 2.84 bits per heavy atom. The molecular formula is C23H37IN6O. The Morgan fingerprint density at radius 2 is 2.06 bits per heavy atom. The molecule has 1 aliphatic carbocycles. The third kappa shape index (κ3) is 6.97. The quantitative estimate of drug-likeness (QED) is 0.286. The van der Waals surface area contributed by atoms with Crippen LogP contribution in [0.1, 0.15) is 62.9 Å². The Hall–Kier alpha value is -1.55. The lowest BCUT2D eigenvalue weighted by Gasteiger charge is -2.24. The number of likely N-dealkylation sites (tertiary alicyclic amines) is 1. The summed E-state index contributed by atoms with van der Waals surface area (Å²) in [7, 11) is 0. The van der Waals surface area contributed by atoms with Crippen molar-refractivity contribution in [3.8, 4) is 0 Å². The van der Waals surface area contributed by atoms with Crippen LogP contribution in [0.15, 0.2) is 40.1 Å². The van der Waals surface area contributed by atoms with Crippen molar-refractivity contribution >= 4 is 29.9 Å². The Balaban J connectivity index is 0.00000272. The molecule has 2 N–H and O–H groups in total. The molecule has 7 nitrogen and oxygen atoms in total. The SMILES string of the molecule is CCN1CCCC1CNC(=NCc1ccn(C2CCCC2)n1)NCCc1ccco1.I. The smallest absolute Gasteiger partial charge is 0.191 e. The molecule has 1 saturated heterocycles. The molecule has 2 aromatic heterocycles. The minimum absolute atomic E-state index is 0. The highest BCUT2D eigenvalue weighted by Crippen LogP contribution is 2.28. The molecule has 1 atom stereocenters. The number of furan rings is 1. The number of halogens is 1. The number of rotatable bonds is 9. The maximum absolute atomic E-state index is 5.45. The summed E-state index contributed by atoms with van der Waals surface area (Å²) in [6.45, 7) is 6.88. The molecule has 1 unspecified atom stereocenters. The summed E-state index contributed by atoms with van der Waals surface area (Å²) >= 11 is 0. The van der Waals surface area contributed by atoms with Gasteiger partial charge in [0.25, 0.3) is 0 Å². The molecule has 1 aliphatic heterocycles. The maximum Gasteiger partial charge on any atom is 0.191 e. The largest absolute Gasteiger partial charge is 0.469 e. The van der Waals surface area contributed by atoms with Crippen LogP contribution in [0.5, 0.6) is 0 Å². The normalized spacial score (nSPS) is 20.2. The van der Waals surface area contributed by atoms with Crippen molar-refractivity contribution in [2.24, 2.45) is 4.99 Å². The summed E-state index contributed by atoms with van der Waals surface area (Å²) in [5.41, 5.74) is 1.03. The maximum atomic E-state index is 5.45. The first kappa shape index (κ1) is 24.1. The van der Waals surface area contributed by atoms with Gasteiger partial charge in [0.15, 0.2) is 5.96 Å². The van der Waals surface area contributed by atoms with Gasteiger partial charge in [0, 0.05) is 31.7 Å². The van der Waals surface area contributed by atoms with Gasteiger partial charge in [-0.25, -0.2) is 4.99 Å². The minimum atomic E-state index is 0. The monoisotopic (exact) mass is 540 g/mol. The van der Waals surface area contributed by atoms with E-state index in [2.05, 4.69) is 39.4 Å². The molecule has 172 valence electrons. The van der Waals surface area contributed by atoms with E-state index in [0.29, 0.717) is 18.6 Å². The highest BCUT2D eigenvalue weighted by molar-refractivity contribution is 14.0. The number of hydrogen-bond acceptors (Lipinski definition) is 4. The summed E-state index contributed by atoms with van der Waals surface area (Å²) in [4.78, 5) is 7.39. The first-order valence-electron chi connectivity index (χ1n) is 11.6. The van der Waals surface area contributed by atoms with E-state index in [-0.39, 0.29) is 24.0 Å². The molecule has 1 saturated carbocycles. The summed E-state index contributed by atoms with van der Waals surface area (Å²) in [5, 5.41) is 11.8. The van der Waals surface area contributed by atoms with E-state index in [1.165, 1.54) is 45.1 Å². The molecule has 2 fully saturated rings. The molecule has 2 aromatic rings. The number of hydrogen-bond donors (Lipinski definition) is 2. The van der Waals surface area contributed by atoms with E-state index in [0.717, 1.165) is 43.5 Å². The average Bonchev–Trinajstić information content (AvgIpc) is 3.56. The fraction of sp³-hybridized carbons (Fsp3) is 0.652. The van der Waals surface area contributed by atoms with E-state index >= 15 is 0 Å². The van der Waals surface area contributed by atoms with Gasteiger partial charge in [0.2, 0.25) is 0 Å². The average molecular weight is 540 g/mol. The molecule has 8 heteroatoms. The van der Waals surface area contributed by atoms with Crippen LogP contribution in [0.3, 0.4) is 0 Å². The van der Waals surface area contributed by atoms with Crippen LogP contribution in [-0.2, 0) is 13.0 Å². The van der Waals surface area contributed by atoms with E-state index in [4.69, 9.17) is 14.5 Å². The first-order chi connectivity index (χ1) is 14.8. The number of likely N-dealkylation sites (N-methyl/N-ethyl adjacent to an activating group) is 1. The van der Waals surface area contributed by atoms with Gasteiger partial charge in [-0.2, -0.15) is 5.10 Å². The van der Waals surface area contributed by atoms with Crippen LogP contribution in [0, 0.1) is 0 Å². The first-order valence-corrected chi connectivity index (χ1v) is 11.6. The van der Waals surface area contributed by atoms with E-state index in [1.807, 2.05) is 12.1 Å². The number of nitrogens with one attached hydrogen (secondary N) is 2. The zero-order valence-corrected chi connectivity index (χ0v) is 21.0. The van der Waals surface area contributed by atoms with Crippen LogP contribution in [-0.4, -0.2) is 52.9 Å². The van der Waals surface area contributed by atoms with E-state index in [9.17, 15) is 0 Å². The summed E-state index contributed by atoms with van der Waals surface area (Å²) in [6.07, 6.45) is 12.4. The molecule has 0 bridgehead atoms. The molecule has 31 heavy (non-hydrogen) atoms. The van der Waals surface area contributed by atoms with Crippen LogP contribution < -0.4 is 10.6 Å². The second-order valence-corrected chi connectivity index (χ2v) is 8.45. The Morgan fingerprint density at radius 1 is 1.19 bits per heavy atom. The molecule has 0 spiro atoms. The third-order valence-corrected chi connectivity index (χ3v) is 6.42. The van der Waals surface area contributed by atoms with Crippen molar-refractivity contribution in [3.63, 3.8) is 0 Å². The van der Waals surface area contributed by atoms with E-state index < -0.39 is 0 Å². The van der Waals surface area contributed by atoms with Gasteiger partial charge in [-0.15, -0.1) is 24.0 Å². The predicted molar refractivity (Wildman–Crippen MR) is 135 cm³/mol. The molecule has 0 amide bonds. The van der Waals surface area contributed by atoms with Crippen molar-refractivity contribution in [2.45, 2.75) is 70.5 Å². The molecule has 3 heterocycles. The standard InChI is InChI=1S/C23H36N6O.HI/c1-2-28-14-5-9-21(28)18-26-23(24-13-11-22-10-6-16-30-22)25-17-19-12-15-29(27-19)20-7-3-4-8-20;/h6,10,12,15-16,20-21H,2-5,7-9,11,13-14,17-18H2,1H3,(H2,24,25,26);1H. The van der Waals surface area contributed by atoms with Crippen molar-refractivity contribution in [1.82, 2.24) is 25.3 Å². The lowest BCUT2D eigenvalue weighted by Crippen LogP contribution is -2.45. The lowest BCUT2D eigenvalue weighted by molar-refractivity contribution is 0.267. The van der Waals surface area contributed by atoms with Crippen molar-refractivity contribution in [2.75, 3.05) is 26.2 Å². The molecule has 4 rings (SSSR count). The number of aromatic nitrogens is 2. The molecule has 0 aromatic carbocycles. The Kier molecular flexibility index (Phi) is 9.70. The fourth-order valence-electron chi connectivity index (χ4n) is 4.68. The summed E-state index contributed by atoms with van der Waals surface area (Å²) in [6, 6.07) is 7.22. The highest BCUT2D eigenvalue weighted by atomic mass is 127. The number of aliphatic imine (C=N–C) groups is 1. The topological polar surface area (TPSA) is 70.6 Å². The number of guanidine groups is 1. The molecule has 0 radical (unpaired) electrons. The second-order valence-electron chi connectivity index (χ2n) is 8.45. The van der Waals surface area contributed by atoms with Gasteiger partial charge in [0.1, 0.15) is 5.76 Å². The van der Waals surface area contributed by atoms with Gasteiger partial charge >= 0.3 is 0 Å². The third-order valence-electron chi connectivity index (χ3n) is 6.42. The van der Waals surface area contributed by atoms with Crippen LogP contribution in [0.25, 0.3) is 0 Å². The van der Waals surface area contributed by atoms with Gasteiger partial charge in [-0.3, -0.25) is 9.58 Å². The molecule has 2 aliphatic rings. The predicted octanol–water partition coefficient (Wildman–Crippen LogP) is 3.97. The molecular weight excluding hydrogens is 503 g/mol.